The zero-order valence-electron chi connectivity index (χ0n) is 16.1. The normalized spacial score (nSPS) is 13.4. The summed E-state index contributed by atoms with van der Waals surface area (Å²) < 4.78 is 7.16. The highest BCUT2D eigenvalue weighted by Gasteiger charge is 2.21. The molecule has 0 radical (unpaired) electrons. The second-order valence-corrected chi connectivity index (χ2v) is 6.91. The van der Waals surface area contributed by atoms with Gasteiger partial charge in [0.2, 0.25) is 5.91 Å². The van der Waals surface area contributed by atoms with Gasteiger partial charge in [0.05, 0.1) is 19.1 Å². The van der Waals surface area contributed by atoms with Crippen LogP contribution in [0, 0.1) is 0 Å². The highest BCUT2D eigenvalue weighted by molar-refractivity contribution is 5.88. The van der Waals surface area contributed by atoms with Crippen LogP contribution in [0.5, 0.6) is 5.75 Å². The lowest BCUT2D eigenvalue weighted by atomic mass is 9.96. The predicted octanol–water partition coefficient (Wildman–Crippen LogP) is 3.87. The molecule has 6 heteroatoms. The van der Waals surface area contributed by atoms with Crippen LogP contribution in [0.3, 0.4) is 0 Å². The van der Waals surface area contributed by atoms with Crippen molar-refractivity contribution in [1.29, 1.82) is 0 Å². The fraction of sp³-hybridized carbons (Fsp3) is 0.227. The number of methoxy groups -OCH3 is 1. The Hall–Kier alpha value is -3.41. The average molecular weight is 374 g/mol. The number of amides is 1. The first-order valence-corrected chi connectivity index (χ1v) is 9.24. The number of fused-ring (bicyclic) bond motifs is 2. The Balaban J connectivity index is 1.53. The predicted molar refractivity (Wildman–Crippen MR) is 108 cm³/mol. The molecule has 0 aliphatic rings. The number of hydrogen-bond donors (Lipinski definition) is 1. The van der Waals surface area contributed by atoms with Gasteiger partial charge in [-0.2, -0.15) is 0 Å². The monoisotopic (exact) mass is 374 g/mol. The number of nitrogens with one attached hydrogen (secondary N) is 1. The Morgan fingerprint density at radius 3 is 2.64 bits per heavy atom. The molecule has 142 valence electrons. The van der Waals surface area contributed by atoms with Crippen LogP contribution in [0.2, 0.25) is 0 Å². The molecular weight excluding hydrogens is 352 g/mol. The van der Waals surface area contributed by atoms with E-state index in [4.69, 9.17) is 4.74 Å². The van der Waals surface area contributed by atoms with Crippen molar-refractivity contribution in [2.45, 2.75) is 25.8 Å². The maximum atomic E-state index is 12.8. The third-order valence-corrected chi connectivity index (χ3v) is 5.05. The molecule has 0 fully saturated rings. The summed E-state index contributed by atoms with van der Waals surface area (Å²) in [6.45, 7) is 3.83. The van der Waals surface area contributed by atoms with E-state index in [2.05, 4.69) is 21.6 Å². The minimum absolute atomic E-state index is 0.0481. The van der Waals surface area contributed by atoms with Gasteiger partial charge in [0, 0.05) is 6.20 Å². The number of ether oxygens (including phenoxy) is 1. The zero-order chi connectivity index (χ0) is 19.7. The number of nitrogens with zero attached hydrogens (tertiary/aromatic N) is 3. The summed E-state index contributed by atoms with van der Waals surface area (Å²) in [5.74, 6) is 1.20. The van der Waals surface area contributed by atoms with Crippen molar-refractivity contribution in [2.75, 3.05) is 7.11 Å². The Morgan fingerprint density at radius 1 is 1.04 bits per heavy atom. The van der Waals surface area contributed by atoms with Gasteiger partial charge in [0.25, 0.3) is 0 Å². The first-order valence-electron chi connectivity index (χ1n) is 9.24. The molecule has 28 heavy (non-hydrogen) atoms. The molecule has 0 aliphatic heterocycles. The van der Waals surface area contributed by atoms with Crippen molar-refractivity contribution in [1.82, 2.24) is 19.9 Å². The molecule has 0 spiro atoms. The van der Waals surface area contributed by atoms with Gasteiger partial charge < -0.3 is 10.1 Å². The second-order valence-electron chi connectivity index (χ2n) is 6.91. The van der Waals surface area contributed by atoms with Crippen LogP contribution < -0.4 is 10.1 Å². The number of carbonyl (C=O) groups is 1. The SMILES string of the molecule is COc1ccc2cc(C(C)C(=O)NC(C)c3nnc4ccccn34)ccc2c1. The van der Waals surface area contributed by atoms with Gasteiger partial charge in [0.1, 0.15) is 5.75 Å². The Labute approximate surface area is 163 Å². The van der Waals surface area contributed by atoms with Crippen LogP contribution in [0.1, 0.15) is 37.2 Å². The summed E-state index contributed by atoms with van der Waals surface area (Å²) in [5, 5.41) is 13.6. The minimum atomic E-state index is -0.284. The third kappa shape index (κ3) is 3.29. The van der Waals surface area contributed by atoms with Gasteiger partial charge in [0.15, 0.2) is 11.5 Å². The fourth-order valence-corrected chi connectivity index (χ4v) is 3.35. The Bertz CT molecular complexity index is 1150. The number of pyridine rings is 1. The van der Waals surface area contributed by atoms with E-state index in [1.165, 1.54) is 0 Å². The number of hydrogen-bond acceptors (Lipinski definition) is 4. The smallest absolute Gasteiger partial charge is 0.227 e. The van der Waals surface area contributed by atoms with Gasteiger partial charge >= 0.3 is 0 Å². The van der Waals surface area contributed by atoms with Crippen LogP contribution >= 0.6 is 0 Å². The maximum Gasteiger partial charge on any atom is 0.227 e. The van der Waals surface area contributed by atoms with Crippen molar-refractivity contribution >= 4 is 22.3 Å². The van der Waals surface area contributed by atoms with Crippen LogP contribution in [-0.4, -0.2) is 27.6 Å². The highest BCUT2D eigenvalue weighted by Crippen LogP contribution is 2.25. The molecule has 6 nitrogen and oxygen atoms in total. The standard InChI is InChI=1S/C22H22N4O2/c1-14(16-7-8-18-13-19(28-3)10-9-17(18)12-16)22(27)23-15(2)21-25-24-20-6-4-5-11-26(20)21/h4-15H,1-3H3,(H,23,27). The van der Waals surface area contributed by atoms with E-state index in [0.717, 1.165) is 27.7 Å². The van der Waals surface area contributed by atoms with Crippen LogP contribution in [0.25, 0.3) is 16.4 Å². The van der Waals surface area contributed by atoms with Crippen LogP contribution in [0.15, 0.2) is 60.8 Å². The van der Waals surface area contributed by atoms with E-state index in [1.54, 1.807) is 7.11 Å². The molecule has 0 saturated carbocycles. The molecule has 0 bridgehead atoms. The molecule has 2 unspecified atom stereocenters. The number of rotatable bonds is 5. The maximum absolute atomic E-state index is 12.8. The largest absolute Gasteiger partial charge is 0.497 e. The second kappa shape index (κ2) is 7.31. The quantitative estimate of drug-likeness (QED) is 0.576. The Kier molecular flexibility index (Phi) is 4.69. The van der Waals surface area contributed by atoms with E-state index < -0.39 is 0 Å². The molecule has 0 saturated heterocycles. The van der Waals surface area contributed by atoms with Crippen molar-refractivity contribution in [3.05, 3.63) is 72.2 Å². The molecule has 1 N–H and O–H groups in total. The summed E-state index contributed by atoms with van der Waals surface area (Å²) in [6.07, 6.45) is 1.90. The van der Waals surface area contributed by atoms with E-state index in [9.17, 15) is 4.79 Å². The van der Waals surface area contributed by atoms with E-state index in [-0.39, 0.29) is 17.9 Å². The van der Waals surface area contributed by atoms with E-state index in [0.29, 0.717) is 5.82 Å². The molecule has 2 aromatic heterocycles. The molecule has 4 rings (SSSR count). The van der Waals surface area contributed by atoms with E-state index in [1.807, 2.05) is 73.0 Å². The summed E-state index contributed by atoms with van der Waals surface area (Å²) in [7, 11) is 1.65. The summed E-state index contributed by atoms with van der Waals surface area (Å²) in [4.78, 5) is 12.8. The number of carbonyl (C=O) groups excluding carboxylic acids is 1. The Morgan fingerprint density at radius 2 is 1.82 bits per heavy atom. The first kappa shape index (κ1) is 18.0. The van der Waals surface area contributed by atoms with Gasteiger partial charge in [-0.25, -0.2) is 0 Å². The lowest BCUT2D eigenvalue weighted by molar-refractivity contribution is -0.122. The number of aromatic nitrogens is 3. The molecule has 2 atom stereocenters. The molecular formula is C22H22N4O2. The van der Waals surface area contributed by atoms with Gasteiger partial charge in [-0.15, -0.1) is 10.2 Å². The molecule has 1 amide bonds. The van der Waals surface area contributed by atoms with Crippen LogP contribution in [0.4, 0.5) is 0 Å². The van der Waals surface area contributed by atoms with Gasteiger partial charge in [-0.1, -0.05) is 30.3 Å². The number of benzene rings is 2. The summed E-state index contributed by atoms with van der Waals surface area (Å²) in [6, 6.07) is 17.4. The zero-order valence-corrected chi connectivity index (χ0v) is 16.1. The first-order chi connectivity index (χ1) is 13.6. The highest BCUT2D eigenvalue weighted by atomic mass is 16.5. The van der Waals surface area contributed by atoms with Gasteiger partial charge in [-0.05, 0) is 54.4 Å². The average Bonchev–Trinajstić information content (AvgIpc) is 3.16. The fourth-order valence-electron chi connectivity index (χ4n) is 3.35. The van der Waals surface area contributed by atoms with Crippen molar-refractivity contribution in [3.63, 3.8) is 0 Å². The van der Waals surface area contributed by atoms with Crippen molar-refractivity contribution in [2.24, 2.45) is 0 Å². The van der Waals surface area contributed by atoms with Crippen molar-refractivity contribution < 1.29 is 9.53 Å². The van der Waals surface area contributed by atoms with Crippen molar-refractivity contribution in [3.8, 4) is 5.75 Å². The topological polar surface area (TPSA) is 68.5 Å². The summed E-state index contributed by atoms with van der Waals surface area (Å²) in [5.41, 5.74) is 1.73. The molecule has 4 aromatic rings. The third-order valence-electron chi connectivity index (χ3n) is 5.05. The molecule has 2 heterocycles. The van der Waals surface area contributed by atoms with Gasteiger partial charge in [-0.3, -0.25) is 9.20 Å². The van der Waals surface area contributed by atoms with E-state index >= 15 is 0 Å². The lowest BCUT2D eigenvalue weighted by Gasteiger charge is -2.17. The lowest BCUT2D eigenvalue weighted by Crippen LogP contribution is -2.31. The molecule has 0 aliphatic carbocycles. The summed E-state index contributed by atoms with van der Waals surface area (Å²) >= 11 is 0. The molecule has 2 aromatic carbocycles. The van der Waals surface area contributed by atoms with Crippen LogP contribution in [-0.2, 0) is 4.79 Å². The minimum Gasteiger partial charge on any atom is -0.497 e.